The molecule has 2 aromatic carbocycles. The average molecular weight is 351 g/mol. The summed E-state index contributed by atoms with van der Waals surface area (Å²) in [6.07, 6.45) is 0. The van der Waals surface area contributed by atoms with Crippen LogP contribution in [0.4, 0.5) is 5.69 Å². The molecule has 0 saturated carbocycles. The Morgan fingerprint density at radius 1 is 1.06 bits per heavy atom. The fraction of sp³-hybridized carbons (Fsp3) is 0.133. The fourth-order valence-electron chi connectivity index (χ4n) is 1.70. The number of carbonyl (C=O) groups is 1. The Morgan fingerprint density at radius 3 is 2.28 bits per heavy atom. The van der Waals surface area contributed by atoms with Gasteiger partial charge in [-0.3, -0.25) is 4.79 Å². The second kappa shape index (κ2) is 5.52. The molecule has 0 fully saturated rings. The molecule has 18 heavy (non-hydrogen) atoms. The Morgan fingerprint density at radius 2 is 1.67 bits per heavy atom. The lowest BCUT2D eigenvalue weighted by Crippen LogP contribution is -2.26. The van der Waals surface area contributed by atoms with Crippen molar-refractivity contribution in [3.63, 3.8) is 0 Å². The van der Waals surface area contributed by atoms with E-state index >= 15 is 0 Å². The molecule has 0 saturated heterocycles. The quantitative estimate of drug-likeness (QED) is 0.752. The van der Waals surface area contributed by atoms with Gasteiger partial charge in [0, 0.05) is 16.3 Å². The van der Waals surface area contributed by atoms with Crippen LogP contribution in [0.5, 0.6) is 0 Å². The first-order valence-corrected chi connectivity index (χ1v) is 6.77. The molecule has 0 radical (unpaired) electrons. The molecule has 0 N–H and O–H groups in total. The largest absolute Gasteiger partial charge is 0.311 e. The molecule has 1 amide bonds. The van der Waals surface area contributed by atoms with Gasteiger partial charge in [0.25, 0.3) is 5.91 Å². The smallest absolute Gasteiger partial charge is 0.259 e. The van der Waals surface area contributed by atoms with Gasteiger partial charge in [-0.25, -0.2) is 0 Å². The van der Waals surface area contributed by atoms with Crippen LogP contribution in [0.25, 0.3) is 0 Å². The van der Waals surface area contributed by atoms with Gasteiger partial charge in [0.1, 0.15) is 0 Å². The van der Waals surface area contributed by atoms with Gasteiger partial charge >= 0.3 is 0 Å². The molecule has 0 aliphatic heterocycles. The second-order valence-electron chi connectivity index (χ2n) is 4.18. The molecule has 0 bridgehead atoms. The maximum absolute atomic E-state index is 12.4. The molecule has 2 nitrogen and oxygen atoms in total. The Kier molecular flexibility index (Phi) is 4.01. The summed E-state index contributed by atoms with van der Waals surface area (Å²) >= 11 is 2.19. The number of hydrogen-bond donors (Lipinski definition) is 0. The molecule has 0 aliphatic carbocycles. The van der Waals surface area contributed by atoms with Gasteiger partial charge in [0.05, 0.1) is 5.56 Å². The van der Waals surface area contributed by atoms with E-state index in [-0.39, 0.29) is 5.91 Å². The van der Waals surface area contributed by atoms with Crippen molar-refractivity contribution in [1.29, 1.82) is 0 Å². The third-order valence-electron chi connectivity index (χ3n) is 2.83. The normalized spacial score (nSPS) is 10.2. The SMILES string of the molecule is Cc1ccc(N(C)C(=O)c2ccccc2I)cc1. The minimum absolute atomic E-state index is 0.0175. The molecular weight excluding hydrogens is 337 g/mol. The summed E-state index contributed by atoms with van der Waals surface area (Å²) < 4.78 is 0.971. The van der Waals surface area contributed by atoms with Crippen LogP contribution in [-0.2, 0) is 0 Å². The number of aryl methyl sites for hydroxylation is 1. The predicted molar refractivity (Wildman–Crippen MR) is 83.1 cm³/mol. The van der Waals surface area contributed by atoms with Crippen LogP contribution < -0.4 is 4.90 Å². The number of benzene rings is 2. The van der Waals surface area contributed by atoms with E-state index < -0.39 is 0 Å². The third kappa shape index (κ3) is 2.72. The van der Waals surface area contributed by atoms with Gasteiger partial charge in [-0.15, -0.1) is 0 Å². The van der Waals surface area contributed by atoms with Crippen molar-refractivity contribution in [2.24, 2.45) is 0 Å². The van der Waals surface area contributed by atoms with Crippen molar-refractivity contribution >= 4 is 34.2 Å². The monoisotopic (exact) mass is 351 g/mol. The first-order chi connectivity index (χ1) is 8.59. The van der Waals surface area contributed by atoms with Crippen LogP contribution in [0.3, 0.4) is 0 Å². The summed E-state index contributed by atoms with van der Waals surface area (Å²) in [5.41, 5.74) is 2.83. The molecule has 0 spiro atoms. The maximum Gasteiger partial charge on any atom is 0.259 e. The highest BCUT2D eigenvalue weighted by Gasteiger charge is 2.15. The highest BCUT2D eigenvalue weighted by Crippen LogP contribution is 2.19. The Balaban J connectivity index is 2.29. The molecule has 0 atom stereocenters. The Hall–Kier alpha value is -1.36. The summed E-state index contributed by atoms with van der Waals surface area (Å²) in [4.78, 5) is 14.0. The van der Waals surface area contributed by atoms with Gasteiger partial charge in [-0.2, -0.15) is 0 Å². The lowest BCUT2D eigenvalue weighted by molar-refractivity contribution is 0.0992. The van der Waals surface area contributed by atoms with Gasteiger partial charge in [-0.05, 0) is 53.8 Å². The van der Waals surface area contributed by atoms with E-state index in [0.717, 1.165) is 14.8 Å². The first-order valence-electron chi connectivity index (χ1n) is 5.69. The number of rotatable bonds is 2. The molecule has 3 heteroatoms. The van der Waals surface area contributed by atoms with Crippen LogP contribution in [0.2, 0.25) is 0 Å². The van der Waals surface area contributed by atoms with E-state index in [1.54, 1.807) is 11.9 Å². The van der Waals surface area contributed by atoms with Gasteiger partial charge in [0.2, 0.25) is 0 Å². The molecule has 2 aromatic rings. The van der Waals surface area contributed by atoms with Crippen LogP contribution in [0.15, 0.2) is 48.5 Å². The Labute approximate surface area is 121 Å². The molecule has 0 aliphatic rings. The van der Waals surface area contributed by atoms with E-state index in [0.29, 0.717) is 0 Å². The van der Waals surface area contributed by atoms with Crippen molar-refractivity contribution < 1.29 is 4.79 Å². The standard InChI is InChI=1S/C15H14INO/c1-11-7-9-12(10-8-11)17(2)15(18)13-5-3-4-6-14(13)16/h3-10H,1-2H3. The molecule has 0 heterocycles. The number of hydrogen-bond acceptors (Lipinski definition) is 1. The van der Waals surface area contributed by atoms with Gasteiger partial charge in [0.15, 0.2) is 0 Å². The van der Waals surface area contributed by atoms with E-state index in [2.05, 4.69) is 22.6 Å². The van der Waals surface area contributed by atoms with Crippen LogP contribution in [0.1, 0.15) is 15.9 Å². The predicted octanol–water partition coefficient (Wildman–Crippen LogP) is 3.88. The van der Waals surface area contributed by atoms with Gasteiger partial charge < -0.3 is 4.90 Å². The number of anilines is 1. The topological polar surface area (TPSA) is 20.3 Å². The van der Waals surface area contributed by atoms with Crippen LogP contribution in [-0.4, -0.2) is 13.0 Å². The summed E-state index contributed by atoms with van der Waals surface area (Å²) in [5, 5.41) is 0. The summed E-state index contributed by atoms with van der Waals surface area (Å²) in [5.74, 6) is 0.0175. The minimum atomic E-state index is 0.0175. The van der Waals surface area contributed by atoms with E-state index in [9.17, 15) is 4.79 Å². The zero-order valence-corrected chi connectivity index (χ0v) is 12.5. The zero-order chi connectivity index (χ0) is 13.1. The van der Waals surface area contributed by atoms with E-state index in [1.165, 1.54) is 5.56 Å². The Bertz CT molecular complexity index is 563. The number of amides is 1. The zero-order valence-electron chi connectivity index (χ0n) is 10.4. The molecule has 0 aromatic heterocycles. The summed E-state index contributed by atoms with van der Waals surface area (Å²) in [7, 11) is 1.80. The molecule has 2 rings (SSSR count). The summed E-state index contributed by atoms with van der Waals surface area (Å²) in [6.45, 7) is 2.03. The van der Waals surface area contributed by atoms with E-state index in [4.69, 9.17) is 0 Å². The molecular formula is C15H14INO. The number of nitrogens with zero attached hydrogens (tertiary/aromatic N) is 1. The summed E-state index contributed by atoms with van der Waals surface area (Å²) in [6, 6.07) is 15.6. The lowest BCUT2D eigenvalue weighted by Gasteiger charge is -2.18. The molecule has 92 valence electrons. The van der Waals surface area contributed by atoms with Gasteiger partial charge in [-0.1, -0.05) is 29.8 Å². The average Bonchev–Trinajstić information content (AvgIpc) is 2.38. The molecule has 0 unspecified atom stereocenters. The van der Waals surface area contributed by atoms with Crippen molar-refractivity contribution in [3.05, 3.63) is 63.2 Å². The highest BCUT2D eigenvalue weighted by molar-refractivity contribution is 14.1. The van der Waals surface area contributed by atoms with Crippen molar-refractivity contribution in [1.82, 2.24) is 0 Å². The first kappa shape index (κ1) is 13.1. The number of halogens is 1. The van der Waals surface area contributed by atoms with Crippen LogP contribution in [0, 0.1) is 10.5 Å². The lowest BCUT2D eigenvalue weighted by atomic mass is 10.1. The fourth-order valence-corrected chi connectivity index (χ4v) is 2.32. The maximum atomic E-state index is 12.4. The third-order valence-corrected chi connectivity index (χ3v) is 3.77. The van der Waals surface area contributed by atoms with Crippen molar-refractivity contribution in [2.75, 3.05) is 11.9 Å². The number of carbonyl (C=O) groups excluding carboxylic acids is 1. The van der Waals surface area contributed by atoms with E-state index in [1.807, 2.05) is 55.5 Å². The van der Waals surface area contributed by atoms with Crippen molar-refractivity contribution in [3.8, 4) is 0 Å². The highest BCUT2D eigenvalue weighted by atomic mass is 127. The van der Waals surface area contributed by atoms with Crippen LogP contribution >= 0.6 is 22.6 Å². The second-order valence-corrected chi connectivity index (χ2v) is 5.34. The minimum Gasteiger partial charge on any atom is -0.311 e. The van der Waals surface area contributed by atoms with Crippen molar-refractivity contribution in [2.45, 2.75) is 6.92 Å².